The van der Waals surface area contributed by atoms with Crippen LogP contribution >= 0.6 is 0 Å². The SMILES string of the molecule is CC(=N[S@](=O)C(C)(C)C)C12CC(NC(=O)OC(C)(C)C)(C1)C2.CC(=O)C12CC(NC(=O)OC(C)(C)C)(C1)C2.CC(C)(C)[S@](N)=O.[2HH].[2H][2H].[2H][2H].[2H][2H]. The van der Waals surface area contributed by atoms with Crippen LogP contribution in [0.4, 0.5) is 9.59 Å². The Bertz CT molecular complexity index is 1240. The third-order valence-electron chi connectivity index (χ3n) is 8.45. The summed E-state index contributed by atoms with van der Waals surface area (Å²) in [5.74, 6) is 0.250. The Hall–Kier alpha value is -1.86. The molecule has 0 heterocycles. The van der Waals surface area contributed by atoms with Crippen LogP contribution in [0.3, 0.4) is 0 Å². The quantitative estimate of drug-likeness (QED) is 0.268. The molecule has 0 unspecified atom stereocenters. The lowest BCUT2D eigenvalue weighted by Crippen LogP contribution is -2.76. The molecule has 6 aliphatic rings. The van der Waals surface area contributed by atoms with Crippen molar-refractivity contribution < 1.29 is 42.6 Å². The molecular weight excluding hydrogens is 617 g/mol. The van der Waals surface area contributed by atoms with Crippen LogP contribution in [0.15, 0.2) is 4.40 Å². The maximum Gasteiger partial charge on any atom is 0.408 e. The molecule has 268 valence electrons. The van der Waals surface area contributed by atoms with E-state index in [1.165, 1.54) is 0 Å². The second-order valence-electron chi connectivity index (χ2n) is 17.4. The van der Waals surface area contributed by atoms with E-state index in [9.17, 15) is 22.8 Å². The fraction of sp³-hybridized carbons (Fsp3) is 0.875. The van der Waals surface area contributed by atoms with Gasteiger partial charge >= 0.3 is 12.2 Å². The molecule has 6 saturated carbocycles. The molecule has 6 aliphatic carbocycles. The summed E-state index contributed by atoms with van der Waals surface area (Å²) < 4.78 is 66.8. The number of ketones is 1. The Kier molecular flexibility index (Phi) is 9.68. The number of nitrogens with zero attached hydrogens (tertiary/aromatic N) is 1. The monoisotopic (exact) mass is 689 g/mol. The number of ether oxygens (including phenoxy) is 2. The predicted octanol–water partition coefficient (Wildman–Crippen LogP) is 6.77. The van der Waals surface area contributed by atoms with Crippen LogP contribution in [0.25, 0.3) is 0 Å². The highest BCUT2D eigenvalue weighted by atomic mass is 32.2. The molecule has 0 saturated heterocycles. The van der Waals surface area contributed by atoms with E-state index >= 15 is 0 Å². The Morgan fingerprint density at radius 3 is 1.24 bits per heavy atom. The molecule has 4 bridgehead atoms. The molecular formula is C32H66N4O7S2. The number of rotatable bonds is 5. The molecule has 0 aromatic carbocycles. The second kappa shape index (κ2) is 12.6. The van der Waals surface area contributed by atoms with Gasteiger partial charge in [-0.2, -0.15) is 4.40 Å². The first kappa shape index (κ1) is 34.5. The average Bonchev–Trinajstić information content (AvgIpc) is 2.87. The second-order valence-corrected chi connectivity index (χ2v) is 21.2. The number of Topliss-reactive ketones (excluding diaryl/α,β-unsaturated/α-hetero) is 1. The van der Waals surface area contributed by atoms with Gasteiger partial charge in [0, 0.05) is 38.0 Å². The zero-order chi connectivity index (χ0) is 41.2. The maximum absolute atomic E-state index is 12.1. The third-order valence-corrected chi connectivity index (χ3v) is 11.1. The van der Waals surface area contributed by atoms with Crippen molar-refractivity contribution in [3.8, 4) is 0 Å². The molecule has 45 heavy (non-hydrogen) atoms. The van der Waals surface area contributed by atoms with Gasteiger partial charge in [0.15, 0.2) is 0 Å². The van der Waals surface area contributed by atoms with Gasteiger partial charge in [-0.15, -0.1) is 0 Å². The number of carbonyl (C=O) groups is 3. The zero-order valence-corrected chi connectivity index (χ0v) is 31.6. The van der Waals surface area contributed by atoms with Crippen LogP contribution in [0.5, 0.6) is 0 Å². The van der Waals surface area contributed by atoms with E-state index in [0.717, 1.165) is 44.2 Å². The first-order valence-electron chi connectivity index (χ1n) is 18.6. The number of nitrogens with two attached hydrogens (primary N) is 1. The van der Waals surface area contributed by atoms with Gasteiger partial charge in [0.2, 0.25) is 0 Å². The van der Waals surface area contributed by atoms with E-state index in [2.05, 4.69) is 15.0 Å². The molecule has 11 nitrogen and oxygen atoms in total. The standard InChI is InChI=1S/C16H28N2O3S.C12H19NO3.C4H11NOS.4H2/c1-11(18-22(20)14(5,6)7)15-8-16(9-15,10-15)17-12(19)21-13(2,3)4;1-8(14)11-5-12(6-11,7-11)13-9(15)16-10(2,3)4;1-4(2,3)7(5)6;;;;/h8-10H2,1-7H3,(H,17,19);5-7H2,1-4H3,(H,13,15);5H2,1-3H3;4*1H/t15?,16?,22-;;7-;;;;/m1.1..../s1/i;;;3*1+1D;1+1. The molecule has 13 heteroatoms. The first-order valence-corrected chi connectivity index (χ1v) is 17.9. The van der Waals surface area contributed by atoms with Crippen LogP contribution in [0, 0.1) is 10.8 Å². The molecule has 0 aromatic rings. The van der Waals surface area contributed by atoms with Crippen LogP contribution in [0.2, 0.25) is 0 Å². The van der Waals surface area contributed by atoms with Crippen molar-refractivity contribution in [2.45, 2.75) is 167 Å². The lowest BCUT2D eigenvalue weighted by molar-refractivity contribution is -0.175. The van der Waals surface area contributed by atoms with Crippen molar-refractivity contribution in [2.75, 3.05) is 0 Å². The Morgan fingerprint density at radius 2 is 1.00 bits per heavy atom. The van der Waals surface area contributed by atoms with Gasteiger partial charge in [-0.1, -0.05) is 0 Å². The minimum absolute atomic E-state index is 0. The maximum atomic E-state index is 12.1. The van der Waals surface area contributed by atoms with Crippen LogP contribution in [0.1, 0.15) is 146 Å². The minimum Gasteiger partial charge on any atom is -0.444 e. The van der Waals surface area contributed by atoms with Crippen molar-refractivity contribution in [2.24, 2.45) is 20.4 Å². The van der Waals surface area contributed by atoms with Crippen molar-refractivity contribution in [3.63, 3.8) is 0 Å². The summed E-state index contributed by atoms with van der Waals surface area (Å²) in [6.45, 7) is 26.0. The van der Waals surface area contributed by atoms with Gasteiger partial charge in [-0.3, -0.25) is 9.93 Å². The highest BCUT2D eigenvalue weighted by Crippen LogP contribution is 2.68. The van der Waals surface area contributed by atoms with E-state index in [4.69, 9.17) is 23.5 Å². The van der Waals surface area contributed by atoms with Crippen molar-refractivity contribution in [1.29, 1.82) is 0 Å². The molecule has 2 atom stereocenters. The number of carbonyl (C=O) groups excluding carboxylic acids is 3. The van der Waals surface area contributed by atoms with Gasteiger partial charge in [0.25, 0.3) is 0 Å². The lowest BCUT2D eigenvalue weighted by atomic mass is 9.38. The average molecular weight is 690 g/mol. The van der Waals surface area contributed by atoms with Gasteiger partial charge < -0.3 is 20.1 Å². The highest BCUT2D eigenvalue weighted by molar-refractivity contribution is 7.85. The zero-order valence-electron chi connectivity index (χ0n) is 35.9. The smallest absolute Gasteiger partial charge is 0.408 e. The van der Waals surface area contributed by atoms with Gasteiger partial charge in [0.1, 0.15) is 28.0 Å². The number of amides is 2. The minimum atomic E-state index is -1.22. The molecule has 0 aromatic heterocycles. The summed E-state index contributed by atoms with van der Waals surface area (Å²) in [4.78, 5) is 34.7. The van der Waals surface area contributed by atoms with E-state index < -0.39 is 33.2 Å². The normalized spacial score (nSPS) is 31.8. The van der Waals surface area contributed by atoms with E-state index in [0.29, 0.717) is 0 Å². The summed E-state index contributed by atoms with van der Waals surface area (Å²) in [6.07, 6.45) is 4.25. The summed E-state index contributed by atoms with van der Waals surface area (Å²) in [5, 5.41) is 10.9. The fourth-order valence-corrected chi connectivity index (χ4v) is 6.71. The van der Waals surface area contributed by atoms with Crippen LogP contribution in [-0.4, -0.2) is 63.9 Å². The van der Waals surface area contributed by atoms with Crippen molar-refractivity contribution in [1.82, 2.24) is 10.6 Å². The highest BCUT2D eigenvalue weighted by Gasteiger charge is 2.71. The largest absolute Gasteiger partial charge is 0.444 e. The number of hydrogen-bond donors (Lipinski definition) is 3. The summed E-state index contributed by atoms with van der Waals surface area (Å²) in [5.41, 5.74) is -0.354. The fourth-order valence-electron chi connectivity index (χ4n) is 6.00. The summed E-state index contributed by atoms with van der Waals surface area (Å²) in [7, 11) is -2.40. The van der Waals surface area contributed by atoms with Gasteiger partial charge in [-0.05, 0) is 135 Å². The number of nitrogens with one attached hydrogen (secondary N) is 2. The van der Waals surface area contributed by atoms with E-state index in [-0.39, 0.29) is 50.8 Å². The van der Waals surface area contributed by atoms with Gasteiger partial charge in [-0.25, -0.2) is 18.0 Å². The van der Waals surface area contributed by atoms with E-state index in [1.807, 2.05) is 90.0 Å². The number of hydrogen-bond acceptors (Lipinski definition) is 7. The van der Waals surface area contributed by atoms with Crippen molar-refractivity contribution in [3.05, 3.63) is 0 Å². The number of alkyl carbamates (subject to hydrolysis) is 2. The molecule has 6 rings (SSSR count). The third kappa shape index (κ3) is 10.1. The summed E-state index contributed by atoms with van der Waals surface area (Å²) >= 11 is 0. The lowest BCUT2D eigenvalue weighted by Gasteiger charge is -2.70. The molecule has 0 aliphatic heterocycles. The van der Waals surface area contributed by atoms with E-state index in [1.54, 1.807) is 6.92 Å². The van der Waals surface area contributed by atoms with Crippen molar-refractivity contribution >= 4 is 45.7 Å². The molecule has 2 amide bonds. The molecule has 0 spiro atoms. The molecule has 4 N–H and O–H groups in total. The van der Waals surface area contributed by atoms with Crippen LogP contribution < -0.4 is 15.8 Å². The van der Waals surface area contributed by atoms with Gasteiger partial charge in [0.05, 0.1) is 20.5 Å². The Labute approximate surface area is 286 Å². The Balaban J connectivity index is -0.000000702. The predicted molar refractivity (Wildman–Crippen MR) is 189 cm³/mol. The Morgan fingerprint density at radius 1 is 0.689 bits per heavy atom. The topological polar surface area (TPSA) is 166 Å². The molecule has 6 fully saturated rings. The molecule has 0 radical (unpaired) electrons. The first-order chi connectivity index (χ1) is 22.9. The van der Waals surface area contributed by atoms with Crippen LogP contribution in [-0.2, 0) is 36.2 Å². The summed E-state index contributed by atoms with van der Waals surface area (Å²) in [6, 6.07) is 0.